The Hall–Kier alpha value is -2.38. The number of hydrogen-bond donors (Lipinski definition) is 0. The molecule has 1 fully saturated rings. The van der Waals surface area contributed by atoms with E-state index in [1.807, 2.05) is 30.3 Å². The first kappa shape index (κ1) is 19.0. The van der Waals surface area contributed by atoms with E-state index >= 15 is 0 Å². The van der Waals surface area contributed by atoms with Gasteiger partial charge >= 0.3 is 0 Å². The predicted octanol–water partition coefficient (Wildman–Crippen LogP) is 4.58. The molecule has 1 saturated carbocycles. The first-order valence-corrected chi connectivity index (χ1v) is 11.2. The molecule has 2 heterocycles. The molecule has 1 aliphatic carbocycles. The zero-order valence-electron chi connectivity index (χ0n) is 15.5. The summed E-state index contributed by atoms with van der Waals surface area (Å²) < 4.78 is 2.23. The Labute approximate surface area is 173 Å². The van der Waals surface area contributed by atoms with E-state index in [4.69, 9.17) is 0 Å². The molecule has 7 heteroatoms. The van der Waals surface area contributed by atoms with Crippen LogP contribution in [0.4, 0.5) is 5.69 Å². The molecule has 0 saturated heterocycles. The Morgan fingerprint density at radius 3 is 2.75 bits per heavy atom. The molecule has 0 unspecified atom stereocenters. The lowest BCUT2D eigenvalue weighted by molar-refractivity contribution is -0.116. The quantitative estimate of drug-likeness (QED) is 0.383. The van der Waals surface area contributed by atoms with E-state index in [1.54, 1.807) is 22.3 Å². The summed E-state index contributed by atoms with van der Waals surface area (Å²) in [6, 6.07) is 14.4. The van der Waals surface area contributed by atoms with E-state index in [1.165, 1.54) is 16.6 Å². The minimum Gasteiger partial charge on any atom is -0.308 e. The van der Waals surface area contributed by atoms with Gasteiger partial charge in [0.1, 0.15) is 5.82 Å². The zero-order chi connectivity index (χ0) is 19.3. The van der Waals surface area contributed by atoms with Gasteiger partial charge in [0.25, 0.3) is 0 Å². The summed E-state index contributed by atoms with van der Waals surface area (Å²) in [6.07, 6.45) is 4.86. The molecule has 2 aromatic heterocycles. The summed E-state index contributed by atoms with van der Waals surface area (Å²) in [4.78, 5) is 15.9. The number of para-hydroxylation sites is 1. The number of rotatable bonds is 9. The first-order chi connectivity index (χ1) is 13.8. The third-order valence-electron chi connectivity index (χ3n) is 4.56. The molecule has 0 spiro atoms. The van der Waals surface area contributed by atoms with E-state index in [2.05, 4.69) is 38.9 Å². The maximum atomic E-state index is 12.9. The zero-order valence-corrected chi connectivity index (χ0v) is 17.2. The molecule has 1 aliphatic rings. The van der Waals surface area contributed by atoms with Gasteiger partial charge in [-0.1, -0.05) is 42.1 Å². The minimum absolute atomic E-state index is 0.0428. The van der Waals surface area contributed by atoms with Crippen LogP contribution in [-0.2, 0) is 11.2 Å². The highest BCUT2D eigenvalue weighted by Gasteiger charge is 2.30. The molecule has 0 bridgehead atoms. The van der Waals surface area contributed by atoms with Crippen LogP contribution in [0.2, 0.25) is 0 Å². The molecule has 1 amide bonds. The third-order valence-corrected chi connectivity index (χ3v) is 6.37. The number of benzene rings is 1. The van der Waals surface area contributed by atoms with E-state index in [9.17, 15) is 4.79 Å². The number of carbonyl (C=O) groups excluding carboxylic acids is 1. The van der Waals surface area contributed by atoms with Crippen molar-refractivity contribution in [1.82, 2.24) is 14.8 Å². The van der Waals surface area contributed by atoms with Crippen molar-refractivity contribution < 1.29 is 4.79 Å². The summed E-state index contributed by atoms with van der Waals surface area (Å²) in [7, 11) is 0. The highest BCUT2D eigenvalue weighted by atomic mass is 32.2. The maximum absolute atomic E-state index is 12.9. The molecule has 0 N–H and O–H groups in total. The highest BCUT2D eigenvalue weighted by molar-refractivity contribution is 7.99. The lowest BCUT2D eigenvalue weighted by atomic mass is 10.3. The third kappa shape index (κ3) is 4.36. The fourth-order valence-corrected chi connectivity index (χ4v) is 4.69. The average molecular weight is 411 g/mol. The Morgan fingerprint density at radius 1 is 1.25 bits per heavy atom. The fraction of sp³-hybridized carbons (Fsp3) is 0.286. The maximum Gasteiger partial charge on any atom is 0.237 e. The topological polar surface area (TPSA) is 51.0 Å². The molecule has 0 atom stereocenters. The number of thiophene rings is 1. The number of nitrogens with zero attached hydrogens (tertiary/aromatic N) is 4. The van der Waals surface area contributed by atoms with Crippen LogP contribution in [0.1, 0.15) is 29.6 Å². The average Bonchev–Trinajstić information content (AvgIpc) is 3.27. The molecule has 28 heavy (non-hydrogen) atoms. The molecular formula is C21H22N4OS2. The van der Waals surface area contributed by atoms with E-state index in [0.29, 0.717) is 18.3 Å². The second-order valence-corrected chi connectivity index (χ2v) is 8.65. The van der Waals surface area contributed by atoms with Crippen LogP contribution in [0, 0.1) is 0 Å². The summed E-state index contributed by atoms with van der Waals surface area (Å²) in [6.45, 7) is 4.27. The van der Waals surface area contributed by atoms with Crippen molar-refractivity contribution in [2.45, 2.75) is 30.5 Å². The van der Waals surface area contributed by atoms with Crippen molar-refractivity contribution in [2.24, 2.45) is 0 Å². The Balaban J connectivity index is 1.47. The lowest BCUT2D eigenvalue weighted by Gasteiger charge is -2.21. The first-order valence-electron chi connectivity index (χ1n) is 9.31. The largest absolute Gasteiger partial charge is 0.308 e. The van der Waals surface area contributed by atoms with Gasteiger partial charge in [-0.2, -0.15) is 0 Å². The molecule has 0 radical (unpaired) electrons. The SMILES string of the molecule is C=CCN(C(=O)CSc1nnc(Cc2cccs2)n1C1CC1)c1ccccc1. The predicted molar refractivity (Wildman–Crippen MR) is 115 cm³/mol. The standard InChI is InChI=1S/C21H22N4OS2/c1-2-12-24(16-7-4-3-5-8-16)20(26)15-28-21-23-22-19(25(21)17-10-11-17)14-18-9-6-13-27-18/h2-9,13,17H,1,10-12,14-15H2. The smallest absolute Gasteiger partial charge is 0.237 e. The lowest BCUT2D eigenvalue weighted by Crippen LogP contribution is -2.32. The highest BCUT2D eigenvalue weighted by Crippen LogP contribution is 2.39. The summed E-state index contributed by atoms with van der Waals surface area (Å²) in [5, 5.41) is 11.7. The second kappa shape index (κ2) is 8.75. The number of anilines is 1. The fourth-order valence-electron chi connectivity index (χ4n) is 3.09. The number of hydrogen-bond acceptors (Lipinski definition) is 5. The van der Waals surface area contributed by atoms with Gasteiger partial charge < -0.3 is 9.47 Å². The van der Waals surface area contributed by atoms with Crippen LogP contribution in [0.25, 0.3) is 0 Å². The van der Waals surface area contributed by atoms with Gasteiger partial charge in [0.2, 0.25) is 5.91 Å². The van der Waals surface area contributed by atoms with Gasteiger partial charge in [-0.3, -0.25) is 4.79 Å². The van der Waals surface area contributed by atoms with Crippen molar-refractivity contribution in [2.75, 3.05) is 17.2 Å². The van der Waals surface area contributed by atoms with Gasteiger partial charge in [-0.15, -0.1) is 28.1 Å². The summed E-state index contributed by atoms with van der Waals surface area (Å²) in [5.41, 5.74) is 0.884. The van der Waals surface area contributed by atoms with Crippen molar-refractivity contribution >= 4 is 34.7 Å². The molecule has 3 aromatic rings. The van der Waals surface area contributed by atoms with Gasteiger partial charge in [0.05, 0.1) is 5.75 Å². The van der Waals surface area contributed by atoms with Gasteiger partial charge in [-0.05, 0) is 36.4 Å². The molecule has 144 valence electrons. The molecule has 5 nitrogen and oxygen atoms in total. The van der Waals surface area contributed by atoms with Gasteiger partial charge in [-0.25, -0.2) is 0 Å². The van der Waals surface area contributed by atoms with Crippen LogP contribution in [0.15, 0.2) is 65.7 Å². The second-order valence-electron chi connectivity index (χ2n) is 6.67. The monoisotopic (exact) mass is 410 g/mol. The number of aromatic nitrogens is 3. The van der Waals surface area contributed by atoms with Gasteiger partial charge in [0, 0.05) is 29.6 Å². The Kier molecular flexibility index (Phi) is 5.92. The summed E-state index contributed by atoms with van der Waals surface area (Å²) >= 11 is 3.21. The van der Waals surface area contributed by atoms with E-state index in [-0.39, 0.29) is 5.91 Å². The van der Waals surface area contributed by atoms with Crippen LogP contribution in [0.5, 0.6) is 0 Å². The van der Waals surface area contributed by atoms with Crippen LogP contribution >= 0.6 is 23.1 Å². The number of amides is 1. The van der Waals surface area contributed by atoms with Crippen molar-refractivity contribution in [3.8, 4) is 0 Å². The normalized spacial score (nSPS) is 13.4. The van der Waals surface area contributed by atoms with E-state index in [0.717, 1.165) is 35.9 Å². The van der Waals surface area contributed by atoms with Crippen LogP contribution in [0.3, 0.4) is 0 Å². The molecule has 1 aromatic carbocycles. The summed E-state index contributed by atoms with van der Waals surface area (Å²) in [5.74, 6) is 1.36. The molecule has 4 rings (SSSR count). The van der Waals surface area contributed by atoms with Crippen LogP contribution < -0.4 is 4.90 Å². The Bertz CT molecular complexity index is 933. The molecule has 0 aliphatic heterocycles. The van der Waals surface area contributed by atoms with Crippen molar-refractivity contribution in [1.29, 1.82) is 0 Å². The van der Waals surface area contributed by atoms with Crippen molar-refractivity contribution in [3.05, 3.63) is 71.2 Å². The molecular weight excluding hydrogens is 388 g/mol. The number of thioether (sulfide) groups is 1. The number of carbonyl (C=O) groups is 1. The Morgan fingerprint density at radius 2 is 2.07 bits per heavy atom. The van der Waals surface area contributed by atoms with Crippen molar-refractivity contribution in [3.63, 3.8) is 0 Å². The minimum atomic E-state index is 0.0428. The van der Waals surface area contributed by atoms with Gasteiger partial charge in [0.15, 0.2) is 5.16 Å². The van der Waals surface area contributed by atoms with Crippen LogP contribution in [-0.4, -0.2) is 33.0 Å². The van der Waals surface area contributed by atoms with E-state index < -0.39 is 0 Å².